The smallest absolute Gasteiger partial charge is 0.00923 e. The Labute approximate surface area is 108 Å². The Morgan fingerprint density at radius 3 is 2.18 bits per heavy atom. The van der Waals surface area contributed by atoms with Crippen LogP contribution in [0.3, 0.4) is 0 Å². The summed E-state index contributed by atoms with van der Waals surface area (Å²) in [5.41, 5.74) is 0. The van der Waals surface area contributed by atoms with E-state index < -0.39 is 0 Å². The van der Waals surface area contributed by atoms with Gasteiger partial charge < -0.3 is 10.2 Å². The highest BCUT2D eigenvalue weighted by molar-refractivity contribution is 4.74. The van der Waals surface area contributed by atoms with Crippen molar-refractivity contribution in [1.29, 1.82) is 0 Å². The molecule has 17 heavy (non-hydrogen) atoms. The molecule has 0 bridgehead atoms. The van der Waals surface area contributed by atoms with E-state index in [1.165, 1.54) is 45.1 Å². The Kier molecular flexibility index (Phi) is 7.14. The summed E-state index contributed by atoms with van der Waals surface area (Å²) in [7, 11) is 2.32. The van der Waals surface area contributed by atoms with Gasteiger partial charge in [0.15, 0.2) is 0 Å². The summed E-state index contributed by atoms with van der Waals surface area (Å²) in [6.45, 7) is 9.20. The highest BCUT2D eigenvalue weighted by atomic mass is 15.1. The van der Waals surface area contributed by atoms with Crippen molar-refractivity contribution in [2.24, 2.45) is 5.92 Å². The van der Waals surface area contributed by atoms with Gasteiger partial charge >= 0.3 is 0 Å². The first kappa shape index (κ1) is 15.0. The van der Waals surface area contributed by atoms with Crippen LogP contribution in [0, 0.1) is 5.92 Å². The van der Waals surface area contributed by atoms with Crippen LogP contribution in [-0.4, -0.2) is 37.1 Å². The maximum Gasteiger partial charge on any atom is 0.00923 e. The molecule has 0 aliphatic heterocycles. The van der Waals surface area contributed by atoms with Gasteiger partial charge in [-0.3, -0.25) is 0 Å². The van der Waals surface area contributed by atoms with E-state index in [1.54, 1.807) is 0 Å². The van der Waals surface area contributed by atoms with Crippen LogP contribution in [0.15, 0.2) is 0 Å². The molecule has 1 fully saturated rings. The molecule has 1 saturated carbocycles. The molecule has 1 rings (SSSR count). The van der Waals surface area contributed by atoms with Crippen molar-refractivity contribution < 1.29 is 0 Å². The van der Waals surface area contributed by atoms with Gasteiger partial charge in [0, 0.05) is 18.6 Å². The normalized spacial score (nSPS) is 20.8. The zero-order chi connectivity index (χ0) is 12.7. The summed E-state index contributed by atoms with van der Waals surface area (Å²) in [6, 6.07) is 1.46. The maximum atomic E-state index is 3.54. The van der Waals surface area contributed by atoms with E-state index in [-0.39, 0.29) is 0 Å². The zero-order valence-electron chi connectivity index (χ0n) is 12.3. The monoisotopic (exact) mass is 240 g/mol. The number of nitrogens with zero attached hydrogens (tertiary/aromatic N) is 1. The van der Waals surface area contributed by atoms with Crippen molar-refractivity contribution in [3.63, 3.8) is 0 Å². The van der Waals surface area contributed by atoms with Gasteiger partial charge in [0.2, 0.25) is 0 Å². The Morgan fingerprint density at radius 1 is 1.06 bits per heavy atom. The Balaban J connectivity index is 2.23. The molecule has 2 nitrogen and oxygen atoms in total. The number of hydrogen-bond acceptors (Lipinski definition) is 2. The molecule has 0 heterocycles. The van der Waals surface area contributed by atoms with E-state index in [0.717, 1.165) is 18.5 Å². The van der Waals surface area contributed by atoms with Gasteiger partial charge in [-0.2, -0.15) is 0 Å². The summed E-state index contributed by atoms with van der Waals surface area (Å²) in [4.78, 5) is 2.61. The van der Waals surface area contributed by atoms with E-state index in [1.807, 2.05) is 0 Å². The van der Waals surface area contributed by atoms with Crippen LogP contribution in [0.4, 0.5) is 0 Å². The lowest BCUT2D eigenvalue weighted by atomic mass is 10.1. The lowest BCUT2D eigenvalue weighted by Gasteiger charge is -2.30. The first-order valence-corrected chi connectivity index (χ1v) is 7.53. The molecule has 0 aromatic heterocycles. The van der Waals surface area contributed by atoms with Crippen LogP contribution in [0.1, 0.15) is 59.3 Å². The van der Waals surface area contributed by atoms with Gasteiger partial charge in [0.1, 0.15) is 0 Å². The standard InChI is InChI=1S/C15H32N2/c1-13(2)16-11-14(3)12-17(4)15-9-7-5-6-8-10-15/h13-16H,5-12H2,1-4H3. The molecule has 0 spiro atoms. The van der Waals surface area contributed by atoms with Crippen molar-refractivity contribution in [3.05, 3.63) is 0 Å². The fourth-order valence-electron chi connectivity index (χ4n) is 2.84. The molecule has 2 heteroatoms. The molecule has 0 radical (unpaired) electrons. The summed E-state index contributed by atoms with van der Waals surface area (Å²) in [5.74, 6) is 0.755. The molecule has 1 N–H and O–H groups in total. The molecule has 1 aliphatic carbocycles. The third-order valence-electron chi connectivity index (χ3n) is 3.92. The van der Waals surface area contributed by atoms with E-state index in [4.69, 9.17) is 0 Å². The average molecular weight is 240 g/mol. The minimum Gasteiger partial charge on any atom is -0.314 e. The second-order valence-electron chi connectivity index (χ2n) is 6.25. The SMILES string of the molecule is CC(CNC(C)C)CN(C)C1CCCCCC1. The second-order valence-corrected chi connectivity index (χ2v) is 6.25. The molecule has 0 amide bonds. The predicted molar refractivity (Wildman–Crippen MR) is 76.4 cm³/mol. The van der Waals surface area contributed by atoms with Gasteiger partial charge in [-0.05, 0) is 32.4 Å². The van der Waals surface area contributed by atoms with E-state index >= 15 is 0 Å². The molecule has 1 atom stereocenters. The maximum absolute atomic E-state index is 3.54. The quantitative estimate of drug-likeness (QED) is 0.717. The Hall–Kier alpha value is -0.0800. The van der Waals surface area contributed by atoms with Gasteiger partial charge in [0.25, 0.3) is 0 Å². The summed E-state index contributed by atoms with van der Waals surface area (Å²) in [5, 5.41) is 3.54. The number of hydrogen-bond donors (Lipinski definition) is 1. The first-order chi connectivity index (χ1) is 8.09. The highest BCUT2D eigenvalue weighted by Crippen LogP contribution is 2.21. The Morgan fingerprint density at radius 2 is 1.65 bits per heavy atom. The van der Waals surface area contributed by atoms with Crippen molar-refractivity contribution in [1.82, 2.24) is 10.2 Å². The summed E-state index contributed by atoms with van der Waals surface area (Å²) < 4.78 is 0. The summed E-state index contributed by atoms with van der Waals surface area (Å²) >= 11 is 0. The molecule has 102 valence electrons. The van der Waals surface area contributed by atoms with Crippen molar-refractivity contribution in [3.8, 4) is 0 Å². The van der Waals surface area contributed by atoms with Crippen LogP contribution in [-0.2, 0) is 0 Å². The zero-order valence-corrected chi connectivity index (χ0v) is 12.3. The highest BCUT2D eigenvalue weighted by Gasteiger charge is 2.18. The first-order valence-electron chi connectivity index (χ1n) is 7.53. The van der Waals surface area contributed by atoms with Crippen LogP contribution in [0.5, 0.6) is 0 Å². The van der Waals surface area contributed by atoms with Gasteiger partial charge in [-0.25, -0.2) is 0 Å². The number of rotatable bonds is 6. The average Bonchev–Trinajstić information content (AvgIpc) is 2.54. The molecule has 0 saturated heterocycles. The Bertz CT molecular complexity index is 183. The topological polar surface area (TPSA) is 15.3 Å². The van der Waals surface area contributed by atoms with Crippen LogP contribution >= 0.6 is 0 Å². The third kappa shape index (κ3) is 6.42. The van der Waals surface area contributed by atoms with Crippen LogP contribution < -0.4 is 5.32 Å². The van der Waals surface area contributed by atoms with Crippen molar-refractivity contribution in [2.75, 3.05) is 20.1 Å². The van der Waals surface area contributed by atoms with E-state index in [9.17, 15) is 0 Å². The largest absolute Gasteiger partial charge is 0.314 e. The fourth-order valence-corrected chi connectivity index (χ4v) is 2.84. The van der Waals surface area contributed by atoms with E-state index in [2.05, 4.69) is 38.0 Å². The molecule has 0 aromatic rings. The van der Waals surface area contributed by atoms with Crippen LogP contribution in [0.2, 0.25) is 0 Å². The number of nitrogens with one attached hydrogen (secondary N) is 1. The minimum absolute atomic E-state index is 0.612. The van der Waals surface area contributed by atoms with Gasteiger partial charge in [-0.15, -0.1) is 0 Å². The van der Waals surface area contributed by atoms with Crippen molar-refractivity contribution >= 4 is 0 Å². The fraction of sp³-hybridized carbons (Fsp3) is 1.00. The molecular formula is C15H32N2. The predicted octanol–water partition coefficient (Wildman–Crippen LogP) is 3.28. The van der Waals surface area contributed by atoms with Gasteiger partial charge in [0.05, 0.1) is 0 Å². The van der Waals surface area contributed by atoms with Crippen molar-refractivity contribution in [2.45, 2.75) is 71.4 Å². The van der Waals surface area contributed by atoms with Crippen LogP contribution in [0.25, 0.3) is 0 Å². The van der Waals surface area contributed by atoms with Gasteiger partial charge in [-0.1, -0.05) is 46.5 Å². The lowest BCUT2D eigenvalue weighted by molar-refractivity contribution is 0.191. The molecule has 1 unspecified atom stereocenters. The van der Waals surface area contributed by atoms with E-state index in [0.29, 0.717) is 6.04 Å². The third-order valence-corrected chi connectivity index (χ3v) is 3.92. The molecule has 0 aromatic carbocycles. The lowest BCUT2D eigenvalue weighted by Crippen LogP contribution is -2.38. The molecular weight excluding hydrogens is 208 g/mol. The summed E-state index contributed by atoms with van der Waals surface area (Å²) in [6.07, 6.45) is 8.62. The molecule has 1 aliphatic rings. The minimum atomic E-state index is 0.612. The second kappa shape index (κ2) is 8.10.